The van der Waals surface area contributed by atoms with Gasteiger partial charge in [-0.15, -0.1) is 0 Å². The van der Waals surface area contributed by atoms with Gasteiger partial charge in [-0.3, -0.25) is 0 Å². The predicted octanol–water partition coefficient (Wildman–Crippen LogP) is 1.53. The number of nitrogens with zero attached hydrogens (tertiary/aromatic N) is 2. The normalized spacial score (nSPS) is 22.7. The number of rotatable bonds is 2. The first kappa shape index (κ1) is 13.7. The summed E-state index contributed by atoms with van der Waals surface area (Å²) in [5, 5.41) is 0.279. The fourth-order valence-electron chi connectivity index (χ4n) is 1.84. The average molecular weight is 291 g/mol. The average Bonchev–Trinajstić information content (AvgIpc) is 2.55. The van der Waals surface area contributed by atoms with Crippen LogP contribution < -0.4 is 0 Å². The second-order valence-electron chi connectivity index (χ2n) is 4.21. The van der Waals surface area contributed by atoms with Crippen LogP contribution in [0, 0.1) is 0 Å². The van der Waals surface area contributed by atoms with E-state index in [0.29, 0.717) is 26.1 Å². The van der Waals surface area contributed by atoms with Gasteiger partial charge in [-0.1, -0.05) is 11.6 Å². The van der Waals surface area contributed by atoms with Crippen molar-refractivity contribution in [3.63, 3.8) is 0 Å². The van der Waals surface area contributed by atoms with E-state index < -0.39 is 10.0 Å². The Labute approximate surface area is 112 Å². The SMILES string of the molecule is CC1CN(S(=O)(=O)c2ccc(Cl)nc2)CCCO1. The van der Waals surface area contributed by atoms with Crippen LogP contribution in [-0.4, -0.2) is 43.5 Å². The third-order valence-corrected chi connectivity index (χ3v) is 4.83. The zero-order valence-corrected chi connectivity index (χ0v) is 11.6. The van der Waals surface area contributed by atoms with Gasteiger partial charge in [0.05, 0.1) is 6.10 Å². The van der Waals surface area contributed by atoms with Crippen molar-refractivity contribution in [2.75, 3.05) is 19.7 Å². The maximum Gasteiger partial charge on any atom is 0.244 e. The van der Waals surface area contributed by atoms with Crippen LogP contribution in [0.3, 0.4) is 0 Å². The molecule has 0 radical (unpaired) electrons. The van der Waals surface area contributed by atoms with Crippen LogP contribution in [0.15, 0.2) is 23.2 Å². The Bertz CT molecular complexity index is 504. The molecule has 0 aliphatic carbocycles. The van der Waals surface area contributed by atoms with E-state index >= 15 is 0 Å². The maximum absolute atomic E-state index is 12.4. The molecule has 0 aromatic carbocycles. The number of aromatic nitrogens is 1. The number of halogens is 1. The van der Waals surface area contributed by atoms with E-state index in [-0.39, 0.29) is 16.2 Å². The fourth-order valence-corrected chi connectivity index (χ4v) is 3.45. The number of hydrogen-bond acceptors (Lipinski definition) is 4. The van der Waals surface area contributed by atoms with E-state index in [1.807, 2.05) is 6.92 Å². The van der Waals surface area contributed by atoms with E-state index in [1.54, 1.807) is 0 Å². The third kappa shape index (κ3) is 3.00. The highest BCUT2D eigenvalue weighted by molar-refractivity contribution is 7.89. The molecule has 7 heteroatoms. The van der Waals surface area contributed by atoms with E-state index in [0.717, 1.165) is 0 Å². The van der Waals surface area contributed by atoms with Crippen molar-refractivity contribution < 1.29 is 13.2 Å². The molecular formula is C11H15ClN2O3S. The summed E-state index contributed by atoms with van der Waals surface area (Å²) in [7, 11) is -3.50. The van der Waals surface area contributed by atoms with Gasteiger partial charge in [0, 0.05) is 25.9 Å². The first-order chi connectivity index (χ1) is 8.50. The Hall–Kier alpha value is -0.690. The van der Waals surface area contributed by atoms with Gasteiger partial charge < -0.3 is 4.74 Å². The third-order valence-electron chi connectivity index (χ3n) is 2.75. The van der Waals surface area contributed by atoms with Gasteiger partial charge in [-0.05, 0) is 25.5 Å². The van der Waals surface area contributed by atoms with Gasteiger partial charge in [-0.25, -0.2) is 13.4 Å². The molecule has 1 fully saturated rings. The summed E-state index contributed by atoms with van der Waals surface area (Å²) in [6.45, 7) is 3.29. The van der Waals surface area contributed by atoms with E-state index in [9.17, 15) is 8.42 Å². The van der Waals surface area contributed by atoms with Crippen LogP contribution >= 0.6 is 11.6 Å². The molecule has 0 amide bonds. The number of pyridine rings is 1. The van der Waals surface area contributed by atoms with Gasteiger partial charge in [0.2, 0.25) is 10.0 Å². The smallest absolute Gasteiger partial charge is 0.244 e. The Balaban J connectivity index is 2.26. The summed E-state index contributed by atoms with van der Waals surface area (Å²) in [6.07, 6.45) is 1.89. The summed E-state index contributed by atoms with van der Waals surface area (Å²) >= 11 is 5.66. The lowest BCUT2D eigenvalue weighted by atomic mass is 10.4. The van der Waals surface area contributed by atoms with Gasteiger partial charge in [0.15, 0.2) is 0 Å². The Kier molecular flexibility index (Phi) is 4.21. The molecule has 100 valence electrons. The van der Waals surface area contributed by atoms with Crippen molar-refractivity contribution in [1.29, 1.82) is 0 Å². The second-order valence-corrected chi connectivity index (χ2v) is 6.54. The second kappa shape index (κ2) is 5.52. The van der Waals surface area contributed by atoms with Crippen molar-refractivity contribution >= 4 is 21.6 Å². The topological polar surface area (TPSA) is 59.5 Å². The van der Waals surface area contributed by atoms with Crippen molar-refractivity contribution in [2.24, 2.45) is 0 Å². The van der Waals surface area contributed by atoms with Crippen LogP contribution in [0.2, 0.25) is 5.15 Å². The predicted molar refractivity (Wildman–Crippen MR) is 68.0 cm³/mol. The van der Waals surface area contributed by atoms with Crippen LogP contribution in [0.25, 0.3) is 0 Å². The number of hydrogen-bond donors (Lipinski definition) is 0. The number of sulfonamides is 1. The summed E-state index contributed by atoms with van der Waals surface area (Å²) in [5.74, 6) is 0. The molecule has 1 aromatic heterocycles. The lowest BCUT2D eigenvalue weighted by Crippen LogP contribution is -2.35. The minimum atomic E-state index is -3.50. The lowest BCUT2D eigenvalue weighted by molar-refractivity contribution is 0.0752. The standard InChI is InChI=1S/C11H15ClN2O3S/c1-9-8-14(5-2-6-17-9)18(15,16)10-3-4-11(12)13-7-10/h3-4,7,9H,2,5-6,8H2,1H3. The number of ether oxygens (including phenoxy) is 1. The van der Waals surface area contributed by atoms with Crippen molar-refractivity contribution in [2.45, 2.75) is 24.3 Å². The first-order valence-corrected chi connectivity index (χ1v) is 7.55. The van der Waals surface area contributed by atoms with Gasteiger partial charge in [0.1, 0.15) is 10.0 Å². The van der Waals surface area contributed by atoms with E-state index in [1.165, 1.54) is 22.6 Å². The highest BCUT2D eigenvalue weighted by Gasteiger charge is 2.27. The van der Waals surface area contributed by atoms with Crippen molar-refractivity contribution in [3.8, 4) is 0 Å². The highest BCUT2D eigenvalue weighted by atomic mass is 35.5. The quantitative estimate of drug-likeness (QED) is 0.775. The molecule has 0 N–H and O–H groups in total. The van der Waals surface area contributed by atoms with Crippen LogP contribution in [0.5, 0.6) is 0 Å². The molecule has 1 atom stereocenters. The Morgan fingerprint density at radius 2 is 2.28 bits per heavy atom. The molecule has 1 aliphatic rings. The summed E-state index contributed by atoms with van der Waals surface area (Å²) in [5.41, 5.74) is 0. The molecule has 1 unspecified atom stereocenters. The van der Waals surface area contributed by atoms with E-state index in [4.69, 9.17) is 16.3 Å². The summed E-state index contributed by atoms with van der Waals surface area (Å²) < 4.78 is 31.6. The molecule has 0 spiro atoms. The van der Waals surface area contributed by atoms with Gasteiger partial charge in [-0.2, -0.15) is 4.31 Å². The van der Waals surface area contributed by atoms with Crippen LogP contribution in [0.4, 0.5) is 0 Å². The highest BCUT2D eigenvalue weighted by Crippen LogP contribution is 2.19. The molecule has 2 heterocycles. The molecule has 18 heavy (non-hydrogen) atoms. The van der Waals surface area contributed by atoms with E-state index in [2.05, 4.69) is 4.98 Å². The zero-order valence-electron chi connectivity index (χ0n) is 10.0. The minimum Gasteiger partial charge on any atom is -0.377 e. The lowest BCUT2D eigenvalue weighted by Gasteiger charge is -2.21. The monoisotopic (exact) mass is 290 g/mol. The molecule has 0 bridgehead atoms. The minimum absolute atomic E-state index is 0.0949. The summed E-state index contributed by atoms with van der Waals surface area (Å²) in [6, 6.07) is 2.95. The molecule has 1 aliphatic heterocycles. The van der Waals surface area contributed by atoms with Gasteiger partial charge in [0.25, 0.3) is 0 Å². The molecule has 1 saturated heterocycles. The molecule has 0 saturated carbocycles. The van der Waals surface area contributed by atoms with Crippen molar-refractivity contribution in [3.05, 3.63) is 23.5 Å². The maximum atomic E-state index is 12.4. The first-order valence-electron chi connectivity index (χ1n) is 5.73. The van der Waals surface area contributed by atoms with Crippen molar-refractivity contribution in [1.82, 2.24) is 9.29 Å². The molecular weight excluding hydrogens is 276 g/mol. The van der Waals surface area contributed by atoms with Crippen LogP contribution in [-0.2, 0) is 14.8 Å². The summed E-state index contributed by atoms with van der Waals surface area (Å²) in [4.78, 5) is 3.98. The van der Waals surface area contributed by atoms with Gasteiger partial charge >= 0.3 is 0 Å². The largest absolute Gasteiger partial charge is 0.377 e. The Morgan fingerprint density at radius 3 is 2.94 bits per heavy atom. The fraction of sp³-hybridized carbons (Fsp3) is 0.545. The molecule has 5 nitrogen and oxygen atoms in total. The molecule has 2 rings (SSSR count). The Morgan fingerprint density at radius 1 is 1.50 bits per heavy atom. The molecule has 1 aromatic rings. The van der Waals surface area contributed by atoms with Crippen LogP contribution in [0.1, 0.15) is 13.3 Å². The zero-order chi connectivity index (χ0) is 13.2.